The fourth-order valence-corrected chi connectivity index (χ4v) is 3.58. The number of fused-ring (bicyclic) bond motifs is 1. The van der Waals surface area contributed by atoms with Crippen molar-refractivity contribution in [2.24, 2.45) is 4.99 Å². The molecule has 1 aromatic heterocycles. The van der Waals surface area contributed by atoms with Gasteiger partial charge in [-0.2, -0.15) is 4.99 Å². The van der Waals surface area contributed by atoms with Crippen LogP contribution in [0.3, 0.4) is 0 Å². The third kappa shape index (κ3) is 4.61. The smallest absolute Gasteiger partial charge is 0.325 e. The first-order valence-electron chi connectivity index (χ1n) is 8.28. The van der Waals surface area contributed by atoms with Crippen molar-refractivity contribution in [3.63, 3.8) is 0 Å². The Bertz CT molecular complexity index is 1080. The maximum atomic E-state index is 14.3. The monoisotopic (exact) mass is 406 g/mol. The third-order valence-electron chi connectivity index (χ3n) is 3.76. The van der Waals surface area contributed by atoms with Crippen molar-refractivity contribution in [3.8, 4) is 5.75 Å². The summed E-state index contributed by atoms with van der Waals surface area (Å²) in [6, 6.07) is 10.8. The zero-order valence-electron chi connectivity index (χ0n) is 14.9. The van der Waals surface area contributed by atoms with E-state index in [1.807, 2.05) is 18.2 Å². The standard InChI is InChI=1S/C19H16F2N2O4S/c1-26-17(25)11-23-18-14(21)9-12(20)10-15(18)28-19(23)22-16(24)7-8-27-13-5-3-2-4-6-13/h2-6,9-10H,7-8,11H2,1H3. The lowest BCUT2D eigenvalue weighted by molar-refractivity contribution is -0.141. The second kappa shape index (κ2) is 8.75. The number of para-hydroxylation sites is 1. The van der Waals surface area contributed by atoms with Gasteiger partial charge in [-0.05, 0) is 18.2 Å². The van der Waals surface area contributed by atoms with Crippen LogP contribution in [0.25, 0.3) is 10.2 Å². The number of nitrogens with zero attached hydrogens (tertiary/aromatic N) is 2. The first kappa shape index (κ1) is 19.7. The van der Waals surface area contributed by atoms with Crippen LogP contribution in [0.4, 0.5) is 8.78 Å². The van der Waals surface area contributed by atoms with Gasteiger partial charge in [0.2, 0.25) is 0 Å². The van der Waals surface area contributed by atoms with Crippen LogP contribution in [0.5, 0.6) is 5.75 Å². The minimum absolute atomic E-state index is 0.0103. The Morgan fingerprint density at radius 2 is 1.93 bits per heavy atom. The average molecular weight is 406 g/mol. The van der Waals surface area contributed by atoms with E-state index in [-0.39, 0.29) is 34.6 Å². The zero-order valence-corrected chi connectivity index (χ0v) is 15.7. The molecule has 3 rings (SSSR count). The molecule has 0 aliphatic heterocycles. The van der Waals surface area contributed by atoms with Gasteiger partial charge < -0.3 is 14.0 Å². The predicted molar refractivity (Wildman–Crippen MR) is 98.9 cm³/mol. The van der Waals surface area contributed by atoms with Gasteiger partial charge in [0.25, 0.3) is 5.91 Å². The van der Waals surface area contributed by atoms with E-state index < -0.39 is 23.5 Å². The van der Waals surface area contributed by atoms with Gasteiger partial charge in [0, 0.05) is 6.07 Å². The molecule has 0 N–H and O–H groups in total. The molecule has 0 aliphatic carbocycles. The molecule has 0 radical (unpaired) electrons. The zero-order chi connectivity index (χ0) is 20.1. The molecule has 1 heterocycles. The fraction of sp³-hybridized carbons (Fsp3) is 0.211. The summed E-state index contributed by atoms with van der Waals surface area (Å²) in [5.74, 6) is -2.15. The van der Waals surface area contributed by atoms with E-state index in [4.69, 9.17) is 4.74 Å². The van der Waals surface area contributed by atoms with Gasteiger partial charge in [0.1, 0.15) is 18.1 Å². The van der Waals surface area contributed by atoms with Crippen molar-refractivity contribution < 1.29 is 27.8 Å². The quantitative estimate of drug-likeness (QED) is 0.590. The van der Waals surface area contributed by atoms with Gasteiger partial charge in [0.05, 0.1) is 30.4 Å². The topological polar surface area (TPSA) is 69.9 Å². The molecular weight excluding hydrogens is 390 g/mol. The Balaban J connectivity index is 1.87. The highest BCUT2D eigenvalue weighted by Crippen LogP contribution is 2.22. The number of carbonyl (C=O) groups is 2. The highest BCUT2D eigenvalue weighted by Gasteiger charge is 2.16. The highest BCUT2D eigenvalue weighted by molar-refractivity contribution is 7.16. The molecular formula is C19H16F2N2O4S. The predicted octanol–water partition coefficient (Wildman–Crippen LogP) is 3.05. The molecule has 0 aliphatic rings. The number of halogens is 2. The van der Waals surface area contributed by atoms with Crippen LogP contribution >= 0.6 is 11.3 Å². The molecule has 6 nitrogen and oxygen atoms in total. The number of amides is 1. The minimum Gasteiger partial charge on any atom is -0.493 e. The van der Waals surface area contributed by atoms with Crippen molar-refractivity contribution in [3.05, 3.63) is 58.9 Å². The summed E-state index contributed by atoms with van der Waals surface area (Å²) in [7, 11) is 1.19. The van der Waals surface area contributed by atoms with Crippen LogP contribution in [0, 0.1) is 11.6 Å². The molecule has 0 atom stereocenters. The van der Waals surface area contributed by atoms with Crippen molar-refractivity contribution in [2.45, 2.75) is 13.0 Å². The van der Waals surface area contributed by atoms with Crippen LogP contribution in [0.2, 0.25) is 0 Å². The van der Waals surface area contributed by atoms with E-state index >= 15 is 0 Å². The first-order chi connectivity index (χ1) is 13.5. The molecule has 0 fully saturated rings. The number of esters is 1. The number of hydrogen-bond donors (Lipinski definition) is 0. The van der Waals surface area contributed by atoms with E-state index in [9.17, 15) is 18.4 Å². The maximum absolute atomic E-state index is 14.3. The van der Waals surface area contributed by atoms with Crippen LogP contribution < -0.4 is 9.54 Å². The molecule has 2 aromatic carbocycles. The second-order valence-corrected chi connectivity index (χ2v) is 6.71. The number of aromatic nitrogens is 1. The largest absolute Gasteiger partial charge is 0.493 e. The van der Waals surface area contributed by atoms with Crippen molar-refractivity contribution in [1.82, 2.24) is 4.57 Å². The fourth-order valence-electron chi connectivity index (χ4n) is 2.49. The maximum Gasteiger partial charge on any atom is 0.325 e. The lowest BCUT2D eigenvalue weighted by Crippen LogP contribution is -2.23. The summed E-state index contributed by atoms with van der Waals surface area (Å²) in [4.78, 5) is 27.9. The molecule has 9 heteroatoms. The Labute approximate surface area is 162 Å². The molecule has 3 aromatic rings. The summed E-state index contributed by atoms with van der Waals surface area (Å²) >= 11 is 0.910. The number of ether oxygens (including phenoxy) is 2. The van der Waals surface area contributed by atoms with Gasteiger partial charge in [-0.3, -0.25) is 9.59 Å². The van der Waals surface area contributed by atoms with Gasteiger partial charge in [-0.25, -0.2) is 8.78 Å². The van der Waals surface area contributed by atoms with Crippen LogP contribution in [-0.2, 0) is 20.9 Å². The minimum atomic E-state index is -0.850. The Morgan fingerprint density at radius 3 is 2.64 bits per heavy atom. The van der Waals surface area contributed by atoms with Crippen LogP contribution in [-0.4, -0.2) is 30.2 Å². The van der Waals surface area contributed by atoms with E-state index in [1.165, 1.54) is 11.7 Å². The third-order valence-corrected chi connectivity index (χ3v) is 4.78. The highest BCUT2D eigenvalue weighted by atomic mass is 32.1. The van der Waals surface area contributed by atoms with Crippen LogP contribution in [0.1, 0.15) is 6.42 Å². The SMILES string of the molecule is COC(=O)Cn1c(=NC(=O)CCOc2ccccc2)sc2cc(F)cc(F)c21. The van der Waals surface area contributed by atoms with Gasteiger partial charge in [-0.1, -0.05) is 29.5 Å². The van der Waals surface area contributed by atoms with Gasteiger partial charge in [0.15, 0.2) is 10.6 Å². The number of hydrogen-bond acceptors (Lipinski definition) is 5. The van der Waals surface area contributed by atoms with Crippen molar-refractivity contribution in [2.75, 3.05) is 13.7 Å². The number of methoxy groups -OCH3 is 1. The molecule has 0 saturated carbocycles. The Morgan fingerprint density at radius 1 is 1.18 bits per heavy atom. The molecule has 0 saturated heterocycles. The Hall–Kier alpha value is -3.07. The van der Waals surface area contributed by atoms with E-state index in [0.29, 0.717) is 11.8 Å². The lowest BCUT2D eigenvalue weighted by Gasteiger charge is -2.05. The Kier molecular flexibility index (Phi) is 6.15. The second-order valence-electron chi connectivity index (χ2n) is 5.70. The van der Waals surface area contributed by atoms with Crippen molar-refractivity contribution in [1.29, 1.82) is 0 Å². The molecule has 28 heavy (non-hydrogen) atoms. The first-order valence-corrected chi connectivity index (χ1v) is 9.10. The molecule has 146 valence electrons. The summed E-state index contributed by atoms with van der Waals surface area (Å²) < 4.78 is 39.3. The summed E-state index contributed by atoms with van der Waals surface area (Å²) in [6.45, 7) is -0.247. The summed E-state index contributed by atoms with van der Waals surface area (Å²) in [5, 5.41) is 0. The number of rotatable bonds is 6. The van der Waals surface area contributed by atoms with E-state index in [2.05, 4.69) is 9.73 Å². The summed E-state index contributed by atoms with van der Waals surface area (Å²) in [6.07, 6.45) is -0.0157. The number of benzene rings is 2. The molecule has 1 amide bonds. The normalized spacial score (nSPS) is 11.6. The van der Waals surface area contributed by atoms with Crippen molar-refractivity contribution >= 4 is 33.4 Å². The van der Waals surface area contributed by atoms with Crippen LogP contribution in [0.15, 0.2) is 47.5 Å². The van der Waals surface area contributed by atoms with Gasteiger partial charge >= 0.3 is 5.97 Å². The summed E-state index contributed by atoms with van der Waals surface area (Å²) in [5.41, 5.74) is -0.0103. The number of carbonyl (C=O) groups excluding carboxylic acids is 2. The average Bonchev–Trinajstić information content (AvgIpc) is 2.99. The molecule has 0 bridgehead atoms. The number of thiazole rings is 1. The molecule has 0 unspecified atom stereocenters. The molecule has 0 spiro atoms. The van der Waals surface area contributed by atoms with Gasteiger partial charge in [-0.15, -0.1) is 0 Å². The lowest BCUT2D eigenvalue weighted by atomic mass is 10.3. The van der Waals surface area contributed by atoms with E-state index in [1.54, 1.807) is 12.1 Å². The van der Waals surface area contributed by atoms with E-state index in [0.717, 1.165) is 17.4 Å².